The summed E-state index contributed by atoms with van der Waals surface area (Å²) in [6.07, 6.45) is -3.73. The van der Waals surface area contributed by atoms with Crippen LogP contribution in [0.3, 0.4) is 0 Å². The highest BCUT2D eigenvalue weighted by molar-refractivity contribution is 7.98. The number of carboxylic acid groups (broad SMARTS) is 1. The first-order valence-corrected chi connectivity index (χ1v) is 12.0. The average molecular weight is 488 g/mol. The molecule has 0 aliphatic carbocycles. The number of hydrogen-bond acceptors (Lipinski definition) is 4. The lowest BCUT2D eigenvalue weighted by molar-refractivity contribution is -0.138. The maximum Gasteiger partial charge on any atom is 0.416 e. The van der Waals surface area contributed by atoms with Crippen LogP contribution in [0.4, 0.5) is 13.2 Å². The summed E-state index contributed by atoms with van der Waals surface area (Å²) in [5.41, 5.74) is 4.03. The molecular weight excluding hydrogens is 467 g/mol. The summed E-state index contributed by atoms with van der Waals surface area (Å²) in [6.45, 7) is 1.99. The van der Waals surface area contributed by atoms with E-state index in [1.54, 1.807) is 11.8 Å². The zero-order chi connectivity index (χ0) is 23.6. The van der Waals surface area contributed by atoms with Crippen LogP contribution in [0.15, 0.2) is 65.6 Å². The molecule has 33 heavy (non-hydrogen) atoms. The zero-order valence-corrected chi connectivity index (χ0v) is 19.3. The van der Waals surface area contributed by atoms with Gasteiger partial charge < -0.3 is 5.11 Å². The van der Waals surface area contributed by atoms with Crippen LogP contribution >= 0.6 is 23.1 Å². The van der Waals surface area contributed by atoms with Crippen LogP contribution in [-0.2, 0) is 23.1 Å². The standard InChI is InChI=1S/C25H20F3NO2S2/c1-15-13-20(11-7-16(15)8-12-22(30)31)32-14-18-3-2-4-21-23(18)33-24(29-21)17-5-9-19(10-6-17)25(26,27)28/h2-7,9-11,13H,8,12,14H2,1H3,(H,30,31). The van der Waals surface area contributed by atoms with Gasteiger partial charge >= 0.3 is 12.1 Å². The maximum atomic E-state index is 12.8. The number of aromatic nitrogens is 1. The van der Waals surface area contributed by atoms with Crippen molar-refractivity contribution < 1.29 is 23.1 Å². The Morgan fingerprint density at radius 2 is 1.82 bits per heavy atom. The third kappa shape index (κ3) is 5.57. The number of benzene rings is 3. The summed E-state index contributed by atoms with van der Waals surface area (Å²) in [7, 11) is 0. The third-order valence-electron chi connectivity index (χ3n) is 5.27. The summed E-state index contributed by atoms with van der Waals surface area (Å²) >= 11 is 3.16. The van der Waals surface area contributed by atoms with Crippen LogP contribution in [0.25, 0.3) is 20.8 Å². The fourth-order valence-corrected chi connectivity index (χ4v) is 5.65. The number of hydrogen-bond donors (Lipinski definition) is 1. The van der Waals surface area contributed by atoms with E-state index in [-0.39, 0.29) is 6.42 Å². The second-order valence-corrected chi connectivity index (χ2v) is 9.68. The van der Waals surface area contributed by atoms with E-state index in [1.165, 1.54) is 23.5 Å². The quantitative estimate of drug-likeness (QED) is 0.273. The van der Waals surface area contributed by atoms with Gasteiger partial charge in [-0.3, -0.25) is 4.79 Å². The smallest absolute Gasteiger partial charge is 0.416 e. The van der Waals surface area contributed by atoms with Gasteiger partial charge in [0.1, 0.15) is 5.01 Å². The van der Waals surface area contributed by atoms with E-state index < -0.39 is 17.7 Å². The highest BCUT2D eigenvalue weighted by atomic mass is 32.2. The van der Waals surface area contributed by atoms with E-state index in [1.807, 2.05) is 37.3 Å². The van der Waals surface area contributed by atoms with Crippen molar-refractivity contribution in [2.24, 2.45) is 0 Å². The largest absolute Gasteiger partial charge is 0.481 e. The fourth-order valence-electron chi connectivity index (χ4n) is 3.49. The lowest BCUT2D eigenvalue weighted by Gasteiger charge is -2.08. The molecule has 0 bridgehead atoms. The highest BCUT2D eigenvalue weighted by Crippen LogP contribution is 2.36. The maximum absolute atomic E-state index is 12.8. The van der Waals surface area contributed by atoms with Crippen molar-refractivity contribution in [1.82, 2.24) is 4.98 Å². The Kier molecular flexibility index (Phi) is 6.76. The number of carboxylic acids is 1. The summed E-state index contributed by atoms with van der Waals surface area (Å²) in [4.78, 5) is 16.5. The van der Waals surface area contributed by atoms with Gasteiger partial charge in [-0.2, -0.15) is 13.2 Å². The van der Waals surface area contributed by atoms with E-state index in [0.29, 0.717) is 17.0 Å². The van der Waals surface area contributed by atoms with E-state index in [9.17, 15) is 18.0 Å². The number of rotatable bonds is 7. The van der Waals surface area contributed by atoms with Gasteiger partial charge in [0.05, 0.1) is 15.8 Å². The lowest BCUT2D eigenvalue weighted by Crippen LogP contribution is -2.03. The normalized spacial score (nSPS) is 11.8. The number of nitrogens with zero attached hydrogens (tertiary/aromatic N) is 1. The Morgan fingerprint density at radius 1 is 1.06 bits per heavy atom. The van der Waals surface area contributed by atoms with Crippen LogP contribution in [-0.4, -0.2) is 16.1 Å². The molecule has 1 heterocycles. The topological polar surface area (TPSA) is 50.2 Å². The van der Waals surface area contributed by atoms with Gasteiger partial charge in [0.15, 0.2) is 0 Å². The molecule has 0 saturated heterocycles. The van der Waals surface area contributed by atoms with Crippen LogP contribution in [0, 0.1) is 6.92 Å². The van der Waals surface area contributed by atoms with Gasteiger partial charge in [0.25, 0.3) is 0 Å². The summed E-state index contributed by atoms with van der Waals surface area (Å²) < 4.78 is 39.6. The zero-order valence-electron chi connectivity index (χ0n) is 17.6. The third-order valence-corrected chi connectivity index (χ3v) is 7.51. The van der Waals surface area contributed by atoms with Crippen LogP contribution in [0.1, 0.15) is 28.7 Å². The van der Waals surface area contributed by atoms with Crippen molar-refractivity contribution in [1.29, 1.82) is 0 Å². The van der Waals surface area contributed by atoms with E-state index in [2.05, 4.69) is 11.1 Å². The highest BCUT2D eigenvalue weighted by Gasteiger charge is 2.30. The Balaban J connectivity index is 1.52. The molecule has 0 saturated carbocycles. The van der Waals surface area contributed by atoms with Crippen molar-refractivity contribution in [2.75, 3.05) is 0 Å². The Morgan fingerprint density at radius 3 is 2.48 bits per heavy atom. The van der Waals surface area contributed by atoms with Gasteiger partial charge in [-0.15, -0.1) is 23.1 Å². The molecule has 1 N–H and O–H groups in total. The fraction of sp³-hybridized carbons (Fsp3) is 0.200. The molecule has 0 spiro atoms. The summed E-state index contributed by atoms with van der Waals surface area (Å²) in [6, 6.07) is 17.0. The number of thioether (sulfide) groups is 1. The number of fused-ring (bicyclic) bond motifs is 1. The number of halogens is 3. The van der Waals surface area contributed by atoms with Gasteiger partial charge in [0, 0.05) is 22.6 Å². The summed E-state index contributed by atoms with van der Waals surface area (Å²) in [5, 5.41) is 9.57. The van der Waals surface area contributed by atoms with Crippen LogP contribution < -0.4 is 0 Å². The molecule has 0 aliphatic heterocycles. The van der Waals surface area contributed by atoms with Gasteiger partial charge in [0.2, 0.25) is 0 Å². The Hall–Kier alpha value is -2.84. The predicted molar refractivity (Wildman–Crippen MR) is 127 cm³/mol. The molecule has 0 fully saturated rings. The first kappa shape index (κ1) is 23.3. The molecule has 4 aromatic rings. The Labute approximate surface area is 197 Å². The summed E-state index contributed by atoms with van der Waals surface area (Å²) in [5.74, 6) is -0.0824. The minimum atomic E-state index is -4.36. The van der Waals surface area contributed by atoms with Gasteiger partial charge in [-0.05, 0) is 60.4 Å². The molecule has 0 radical (unpaired) electrons. The monoisotopic (exact) mass is 487 g/mol. The lowest BCUT2D eigenvalue weighted by atomic mass is 10.0. The van der Waals surface area contributed by atoms with E-state index in [4.69, 9.17) is 5.11 Å². The molecule has 0 unspecified atom stereocenters. The van der Waals surface area contributed by atoms with Crippen molar-refractivity contribution in [3.05, 3.63) is 82.9 Å². The van der Waals surface area contributed by atoms with Crippen molar-refractivity contribution >= 4 is 39.3 Å². The van der Waals surface area contributed by atoms with Gasteiger partial charge in [-0.1, -0.05) is 30.3 Å². The molecule has 1 aromatic heterocycles. The molecule has 3 aromatic carbocycles. The molecule has 0 aliphatic rings. The SMILES string of the molecule is Cc1cc(SCc2cccc3nc(-c4ccc(C(F)(F)F)cc4)sc23)ccc1CCC(=O)O. The second kappa shape index (κ2) is 9.57. The molecule has 4 rings (SSSR count). The van der Waals surface area contributed by atoms with Crippen molar-refractivity contribution in [2.45, 2.75) is 36.6 Å². The predicted octanol–water partition coefficient (Wildman–Crippen LogP) is 7.60. The van der Waals surface area contributed by atoms with Crippen molar-refractivity contribution in [3.8, 4) is 10.6 Å². The minimum absolute atomic E-state index is 0.113. The van der Waals surface area contributed by atoms with E-state index in [0.717, 1.165) is 49.7 Å². The van der Waals surface area contributed by atoms with Crippen molar-refractivity contribution in [3.63, 3.8) is 0 Å². The number of alkyl halides is 3. The number of carbonyl (C=O) groups is 1. The number of aryl methyl sites for hydroxylation is 2. The molecule has 3 nitrogen and oxygen atoms in total. The second-order valence-electron chi connectivity index (χ2n) is 7.63. The Bertz CT molecular complexity index is 1300. The first-order chi connectivity index (χ1) is 15.7. The molecule has 8 heteroatoms. The van der Waals surface area contributed by atoms with Crippen LogP contribution in [0.2, 0.25) is 0 Å². The average Bonchev–Trinajstić information content (AvgIpc) is 3.21. The molecule has 170 valence electrons. The molecule has 0 amide bonds. The molecular formula is C25H20F3NO2S2. The van der Waals surface area contributed by atoms with Gasteiger partial charge in [-0.25, -0.2) is 4.98 Å². The first-order valence-electron chi connectivity index (χ1n) is 10.2. The number of aliphatic carboxylic acids is 1. The number of thiazole rings is 1. The molecule has 0 atom stereocenters. The van der Waals surface area contributed by atoms with Crippen LogP contribution in [0.5, 0.6) is 0 Å². The minimum Gasteiger partial charge on any atom is -0.481 e. The van der Waals surface area contributed by atoms with E-state index >= 15 is 0 Å².